The molecule has 1 aromatic carbocycles. The van der Waals surface area contributed by atoms with Crippen molar-refractivity contribution in [3.63, 3.8) is 0 Å². The van der Waals surface area contributed by atoms with E-state index in [0.29, 0.717) is 13.2 Å². The van der Waals surface area contributed by atoms with E-state index in [1.54, 1.807) is 0 Å². The van der Waals surface area contributed by atoms with Gasteiger partial charge in [-0.05, 0) is 6.92 Å². The molecular weight excluding hydrogens is 276 g/mol. The molecule has 0 amide bonds. The van der Waals surface area contributed by atoms with Crippen molar-refractivity contribution in [2.45, 2.75) is 13.0 Å². The van der Waals surface area contributed by atoms with E-state index in [-0.39, 0.29) is 6.04 Å². The first kappa shape index (κ1) is 14.8. The van der Waals surface area contributed by atoms with Gasteiger partial charge < -0.3 is 9.30 Å². The summed E-state index contributed by atoms with van der Waals surface area (Å²) in [7, 11) is 2.00. The molecule has 5 heteroatoms. The number of benzene rings is 1. The van der Waals surface area contributed by atoms with Crippen LogP contribution in [0.2, 0.25) is 0 Å². The predicted octanol–water partition coefficient (Wildman–Crippen LogP) is 2.29. The number of hydrogen-bond donors (Lipinski definition) is 0. The van der Waals surface area contributed by atoms with E-state index >= 15 is 0 Å². The van der Waals surface area contributed by atoms with Crippen molar-refractivity contribution in [3.8, 4) is 17.5 Å². The summed E-state index contributed by atoms with van der Waals surface area (Å²) in [6, 6.07) is 12.2. The third-order valence-electron chi connectivity index (χ3n) is 4.24. The lowest BCUT2D eigenvalue weighted by Crippen LogP contribution is -2.39. The average Bonchev–Trinajstić information content (AvgIpc) is 2.86. The van der Waals surface area contributed by atoms with E-state index in [0.717, 1.165) is 35.9 Å². The maximum absolute atomic E-state index is 9.65. The molecule has 1 unspecified atom stereocenters. The van der Waals surface area contributed by atoms with E-state index in [9.17, 15) is 5.26 Å². The highest BCUT2D eigenvalue weighted by atomic mass is 16.5. The van der Waals surface area contributed by atoms with Crippen molar-refractivity contribution < 1.29 is 4.74 Å². The lowest BCUT2D eigenvalue weighted by Gasteiger charge is -2.29. The van der Waals surface area contributed by atoms with Gasteiger partial charge >= 0.3 is 0 Å². The molecule has 1 aliphatic rings. The van der Waals surface area contributed by atoms with Crippen LogP contribution in [0.3, 0.4) is 0 Å². The highest BCUT2D eigenvalue weighted by Gasteiger charge is 2.27. The average molecular weight is 296 g/mol. The van der Waals surface area contributed by atoms with Gasteiger partial charge in [0.15, 0.2) is 0 Å². The zero-order chi connectivity index (χ0) is 15.5. The highest BCUT2D eigenvalue weighted by Crippen LogP contribution is 2.28. The number of hydrogen-bond acceptors (Lipinski definition) is 4. The zero-order valence-corrected chi connectivity index (χ0v) is 13.0. The lowest BCUT2D eigenvalue weighted by molar-refractivity contribution is 0.0259. The number of aromatic nitrogens is 2. The third kappa shape index (κ3) is 2.63. The Bertz CT molecular complexity index is 681. The van der Waals surface area contributed by atoms with Crippen molar-refractivity contribution in [3.05, 3.63) is 41.7 Å². The van der Waals surface area contributed by atoms with Gasteiger partial charge in [0.25, 0.3) is 0 Å². The minimum Gasteiger partial charge on any atom is -0.379 e. The number of nitrogens with zero attached hydrogens (tertiary/aromatic N) is 4. The van der Waals surface area contributed by atoms with Gasteiger partial charge in [0.1, 0.15) is 11.9 Å². The molecule has 3 rings (SSSR count). The van der Waals surface area contributed by atoms with Crippen LogP contribution in [0.4, 0.5) is 0 Å². The Morgan fingerprint density at radius 2 is 1.91 bits per heavy atom. The Balaban J connectivity index is 1.99. The van der Waals surface area contributed by atoms with Gasteiger partial charge in [0, 0.05) is 31.4 Å². The molecule has 0 N–H and O–H groups in total. The molecule has 1 aromatic heterocycles. The second kappa shape index (κ2) is 6.30. The van der Waals surface area contributed by atoms with Crippen LogP contribution >= 0.6 is 0 Å². The Morgan fingerprint density at radius 1 is 1.23 bits per heavy atom. The Kier molecular flexibility index (Phi) is 4.23. The number of rotatable bonds is 3. The minimum atomic E-state index is -0.312. The fourth-order valence-electron chi connectivity index (χ4n) is 2.86. The number of ether oxygens (including phenoxy) is 1. The van der Waals surface area contributed by atoms with Crippen molar-refractivity contribution in [2.75, 3.05) is 26.3 Å². The minimum absolute atomic E-state index is 0.312. The quantitative estimate of drug-likeness (QED) is 0.872. The maximum atomic E-state index is 9.65. The van der Waals surface area contributed by atoms with Gasteiger partial charge in [-0.1, -0.05) is 30.3 Å². The lowest BCUT2D eigenvalue weighted by atomic mass is 10.1. The molecule has 114 valence electrons. The van der Waals surface area contributed by atoms with Gasteiger partial charge in [0.2, 0.25) is 0 Å². The van der Waals surface area contributed by atoms with E-state index < -0.39 is 0 Å². The van der Waals surface area contributed by atoms with Crippen LogP contribution < -0.4 is 0 Å². The summed E-state index contributed by atoms with van der Waals surface area (Å²) < 4.78 is 7.45. The molecule has 1 fully saturated rings. The van der Waals surface area contributed by atoms with Crippen molar-refractivity contribution in [1.29, 1.82) is 5.26 Å². The van der Waals surface area contributed by atoms with Crippen LogP contribution in [0, 0.1) is 18.3 Å². The smallest absolute Gasteiger partial charge is 0.142 e. The fourth-order valence-corrected chi connectivity index (χ4v) is 2.86. The summed E-state index contributed by atoms with van der Waals surface area (Å²) in [5.41, 5.74) is 2.96. The van der Waals surface area contributed by atoms with Crippen molar-refractivity contribution >= 4 is 0 Å². The first-order valence-corrected chi connectivity index (χ1v) is 7.52. The molecular formula is C17H20N4O. The molecule has 0 radical (unpaired) electrons. The first-order chi connectivity index (χ1) is 10.7. The van der Waals surface area contributed by atoms with Crippen LogP contribution in [-0.4, -0.2) is 40.8 Å². The van der Waals surface area contributed by atoms with Gasteiger partial charge in [0.05, 0.1) is 25.0 Å². The summed E-state index contributed by atoms with van der Waals surface area (Å²) in [6.07, 6.45) is 0. The second-order valence-electron chi connectivity index (χ2n) is 5.51. The Hall–Kier alpha value is -2.16. The van der Waals surface area contributed by atoms with Crippen LogP contribution in [0.25, 0.3) is 11.4 Å². The summed E-state index contributed by atoms with van der Waals surface area (Å²) in [5, 5.41) is 9.65. The normalized spacial score (nSPS) is 17.1. The predicted molar refractivity (Wildman–Crippen MR) is 84.1 cm³/mol. The van der Waals surface area contributed by atoms with Gasteiger partial charge in [-0.15, -0.1) is 0 Å². The molecule has 1 aliphatic heterocycles. The summed E-state index contributed by atoms with van der Waals surface area (Å²) in [6.45, 7) is 4.93. The fraction of sp³-hybridized carbons (Fsp3) is 0.412. The standard InChI is InChI=1S/C17H20N4O/c1-13-16(15(12-18)21-8-10-22-11-9-21)19-17(20(13)2)14-6-4-3-5-7-14/h3-7,15H,8-11H2,1-2H3. The second-order valence-corrected chi connectivity index (χ2v) is 5.51. The van der Waals surface area contributed by atoms with E-state index in [4.69, 9.17) is 9.72 Å². The largest absolute Gasteiger partial charge is 0.379 e. The van der Waals surface area contributed by atoms with Gasteiger partial charge in [-0.25, -0.2) is 4.98 Å². The molecule has 0 spiro atoms. The van der Waals surface area contributed by atoms with E-state index in [2.05, 4.69) is 15.5 Å². The molecule has 0 aliphatic carbocycles. The number of morpholine rings is 1. The summed E-state index contributed by atoms with van der Waals surface area (Å²) in [5.74, 6) is 0.904. The Morgan fingerprint density at radius 3 is 2.55 bits per heavy atom. The van der Waals surface area contributed by atoms with Crippen molar-refractivity contribution in [2.24, 2.45) is 7.05 Å². The molecule has 2 heterocycles. The number of nitriles is 1. The SMILES string of the molecule is Cc1c(C(C#N)N2CCOCC2)nc(-c2ccccc2)n1C. The summed E-state index contributed by atoms with van der Waals surface area (Å²) >= 11 is 0. The van der Waals surface area contributed by atoms with Crippen LogP contribution in [0.5, 0.6) is 0 Å². The van der Waals surface area contributed by atoms with Gasteiger partial charge in [-0.3, -0.25) is 4.90 Å². The van der Waals surface area contributed by atoms with Crippen LogP contribution in [0.15, 0.2) is 30.3 Å². The maximum Gasteiger partial charge on any atom is 0.142 e. The summed E-state index contributed by atoms with van der Waals surface area (Å²) in [4.78, 5) is 6.93. The molecule has 1 saturated heterocycles. The molecule has 2 aromatic rings. The van der Waals surface area contributed by atoms with E-state index in [1.165, 1.54) is 0 Å². The molecule has 22 heavy (non-hydrogen) atoms. The molecule has 0 saturated carbocycles. The first-order valence-electron chi connectivity index (χ1n) is 7.52. The topological polar surface area (TPSA) is 54.1 Å². The van der Waals surface area contributed by atoms with Gasteiger partial charge in [-0.2, -0.15) is 5.26 Å². The van der Waals surface area contributed by atoms with E-state index in [1.807, 2.05) is 44.3 Å². The molecule has 0 bridgehead atoms. The van der Waals surface area contributed by atoms with Crippen molar-refractivity contribution in [1.82, 2.24) is 14.5 Å². The van der Waals surface area contributed by atoms with Crippen LogP contribution in [-0.2, 0) is 11.8 Å². The molecule has 1 atom stereocenters. The zero-order valence-electron chi connectivity index (χ0n) is 13.0. The van der Waals surface area contributed by atoms with Crippen LogP contribution in [0.1, 0.15) is 17.4 Å². The molecule has 5 nitrogen and oxygen atoms in total. The Labute approximate surface area is 130 Å². The monoisotopic (exact) mass is 296 g/mol. The number of imidazole rings is 1. The third-order valence-corrected chi connectivity index (χ3v) is 4.24. The highest BCUT2D eigenvalue weighted by molar-refractivity contribution is 5.57.